The van der Waals surface area contributed by atoms with Gasteiger partial charge in [0.05, 0.1) is 5.69 Å². The SMILES string of the molecule is Cc1ccc2c(c1)N(S(=O)(=O)c1ccc(C)nc1)C(CCc1ccc(Cl)cc1F)CC2. The van der Waals surface area contributed by atoms with E-state index in [9.17, 15) is 12.8 Å². The van der Waals surface area contributed by atoms with Gasteiger partial charge in [-0.15, -0.1) is 0 Å². The number of anilines is 1. The lowest BCUT2D eigenvalue weighted by atomic mass is 9.93. The van der Waals surface area contributed by atoms with E-state index in [0.717, 1.165) is 23.2 Å². The monoisotopic (exact) mass is 458 g/mol. The Labute approximate surface area is 187 Å². The lowest BCUT2D eigenvalue weighted by Crippen LogP contribution is -2.44. The molecule has 0 saturated carbocycles. The molecule has 0 aliphatic carbocycles. The van der Waals surface area contributed by atoms with Crippen LogP contribution in [0.2, 0.25) is 5.02 Å². The number of aryl methyl sites for hydroxylation is 4. The van der Waals surface area contributed by atoms with Crippen LogP contribution in [0.1, 0.15) is 35.2 Å². The summed E-state index contributed by atoms with van der Waals surface area (Å²) >= 11 is 5.87. The third-order valence-corrected chi connectivity index (χ3v) is 7.84. The highest BCUT2D eigenvalue weighted by Crippen LogP contribution is 2.37. The lowest BCUT2D eigenvalue weighted by molar-refractivity contribution is 0.516. The minimum Gasteiger partial charge on any atom is -0.263 e. The van der Waals surface area contributed by atoms with E-state index in [1.54, 1.807) is 24.3 Å². The van der Waals surface area contributed by atoms with Crippen LogP contribution >= 0.6 is 11.6 Å². The maximum Gasteiger partial charge on any atom is 0.266 e. The predicted molar refractivity (Wildman–Crippen MR) is 122 cm³/mol. The van der Waals surface area contributed by atoms with Crippen molar-refractivity contribution < 1.29 is 12.8 Å². The number of aromatic nitrogens is 1. The lowest BCUT2D eigenvalue weighted by Gasteiger charge is -2.38. The van der Waals surface area contributed by atoms with E-state index in [0.29, 0.717) is 35.5 Å². The number of fused-ring (bicyclic) bond motifs is 1. The van der Waals surface area contributed by atoms with E-state index >= 15 is 0 Å². The summed E-state index contributed by atoms with van der Waals surface area (Å²) in [5, 5.41) is 0.347. The maximum absolute atomic E-state index is 14.3. The highest BCUT2D eigenvalue weighted by molar-refractivity contribution is 7.92. The molecule has 0 radical (unpaired) electrons. The first-order valence-corrected chi connectivity index (χ1v) is 12.1. The average Bonchev–Trinajstić information content (AvgIpc) is 2.72. The molecule has 2 heterocycles. The van der Waals surface area contributed by atoms with Crippen LogP contribution in [0.15, 0.2) is 59.6 Å². The van der Waals surface area contributed by atoms with E-state index in [1.807, 2.05) is 32.0 Å². The Balaban J connectivity index is 1.72. The summed E-state index contributed by atoms with van der Waals surface area (Å²) in [6, 6.07) is 13.6. The molecule has 162 valence electrons. The van der Waals surface area contributed by atoms with Crippen LogP contribution in [0.3, 0.4) is 0 Å². The van der Waals surface area contributed by atoms with Crippen LogP contribution in [-0.4, -0.2) is 19.4 Å². The predicted octanol–water partition coefficient (Wildman–Crippen LogP) is 5.63. The second kappa shape index (κ2) is 8.60. The average molecular weight is 459 g/mol. The number of benzene rings is 2. The number of hydrogen-bond acceptors (Lipinski definition) is 3. The van der Waals surface area contributed by atoms with Crippen molar-refractivity contribution in [2.45, 2.75) is 50.5 Å². The summed E-state index contributed by atoms with van der Waals surface area (Å²) < 4.78 is 43.2. The summed E-state index contributed by atoms with van der Waals surface area (Å²) in [4.78, 5) is 4.35. The molecule has 0 N–H and O–H groups in total. The van der Waals surface area contributed by atoms with Gasteiger partial charge in [-0.3, -0.25) is 9.29 Å². The van der Waals surface area contributed by atoms with Crippen molar-refractivity contribution in [2.24, 2.45) is 0 Å². The second-order valence-corrected chi connectivity index (χ2v) is 10.3. The Morgan fingerprint density at radius 3 is 2.65 bits per heavy atom. The molecule has 0 saturated heterocycles. The zero-order valence-electron chi connectivity index (χ0n) is 17.5. The minimum absolute atomic E-state index is 0.162. The van der Waals surface area contributed by atoms with Crippen LogP contribution in [0.4, 0.5) is 10.1 Å². The number of halogens is 2. The molecule has 0 fully saturated rings. The molecule has 1 unspecified atom stereocenters. The summed E-state index contributed by atoms with van der Waals surface area (Å²) in [5.41, 5.74) is 3.99. The Bertz CT molecular complexity index is 1210. The Morgan fingerprint density at radius 1 is 1.13 bits per heavy atom. The fourth-order valence-electron chi connectivity index (χ4n) is 4.08. The molecule has 1 atom stereocenters. The van der Waals surface area contributed by atoms with Gasteiger partial charge >= 0.3 is 0 Å². The van der Waals surface area contributed by atoms with Crippen molar-refractivity contribution >= 4 is 27.3 Å². The van der Waals surface area contributed by atoms with Gasteiger partial charge in [-0.25, -0.2) is 12.8 Å². The highest BCUT2D eigenvalue weighted by atomic mass is 35.5. The normalized spacial score (nSPS) is 16.3. The van der Waals surface area contributed by atoms with Gasteiger partial charge in [0, 0.05) is 23.0 Å². The fraction of sp³-hybridized carbons (Fsp3) is 0.292. The fourth-order valence-corrected chi connectivity index (χ4v) is 5.92. The van der Waals surface area contributed by atoms with Crippen LogP contribution in [0.25, 0.3) is 0 Å². The van der Waals surface area contributed by atoms with Gasteiger partial charge in [-0.2, -0.15) is 0 Å². The third-order valence-electron chi connectivity index (χ3n) is 5.76. The van der Waals surface area contributed by atoms with E-state index in [2.05, 4.69) is 4.98 Å². The van der Waals surface area contributed by atoms with Crippen molar-refractivity contribution in [3.05, 3.63) is 88.0 Å². The summed E-state index contributed by atoms with van der Waals surface area (Å²) in [7, 11) is -3.82. The van der Waals surface area contributed by atoms with Gasteiger partial charge in [0.2, 0.25) is 0 Å². The largest absolute Gasteiger partial charge is 0.266 e. The van der Waals surface area contributed by atoms with Gasteiger partial charge in [0.25, 0.3) is 10.0 Å². The zero-order valence-corrected chi connectivity index (χ0v) is 19.0. The number of hydrogen-bond donors (Lipinski definition) is 0. The summed E-state index contributed by atoms with van der Waals surface area (Å²) in [6.07, 6.45) is 3.79. The van der Waals surface area contributed by atoms with E-state index in [-0.39, 0.29) is 16.8 Å². The second-order valence-electron chi connectivity index (χ2n) is 8.04. The van der Waals surface area contributed by atoms with Crippen LogP contribution in [0.5, 0.6) is 0 Å². The summed E-state index contributed by atoms with van der Waals surface area (Å²) in [6.45, 7) is 3.77. The van der Waals surface area contributed by atoms with Gasteiger partial charge in [0.15, 0.2) is 0 Å². The summed E-state index contributed by atoms with van der Waals surface area (Å²) in [5.74, 6) is -0.364. The van der Waals surface area contributed by atoms with E-state index in [4.69, 9.17) is 11.6 Å². The van der Waals surface area contributed by atoms with Crippen LogP contribution < -0.4 is 4.31 Å². The number of sulfonamides is 1. The van der Waals surface area contributed by atoms with Gasteiger partial charge in [0.1, 0.15) is 10.7 Å². The van der Waals surface area contributed by atoms with Gasteiger partial charge < -0.3 is 0 Å². The molecule has 1 aliphatic rings. The van der Waals surface area contributed by atoms with Crippen molar-refractivity contribution in [1.29, 1.82) is 0 Å². The quantitative estimate of drug-likeness (QED) is 0.497. The van der Waals surface area contributed by atoms with Crippen LogP contribution in [-0.2, 0) is 22.9 Å². The molecule has 7 heteroatoms. The van der Waals surface area contributed by atoms with Crippen molar-refractivity contribution in [2.75, 3.05) is 4.31 Å². The van der Waals surface area contributed by atoms with Gasteiger partial charge in [-0.05, 0) is 86.6 Å². The molecule has 0 spiro atoms. The first kappa shape index (κ1) is 21.8. The number of pyridine rings is 1. The third kappa shape index (κ3) is 4.46. The smallest absolute Gasteiger partial charge is 0.263 e. The number of rotatable bonds is 5. The Kier molecular flexibility index (Phi) is 6.04. The standard InChI is InChI=1S/C24H24ClFN2O2S/c1-16-3-5-19-8-11-21(10-7-18-6-9-20(25)14-23(18)26)28(24(19)13-16)31(29,30)22-12-4-17(2)27-15-22/h3-6,9,12-15,21H,7-8,10-11H2,1-2H3. The van der Waals surface area contributed by atoms with Crippen LogP contribution in [0, 0.1) is 19.7 Å². The molecule has 0 bridgehead atoms. The molecule has 4 nitrogen and oxygen atoms in total. The van der Waals surface area contributed by atoms with Crippen molar-refractivity contribution in [3.8, 4) is 0 Å². The molecule has 2 aromatic carbocycles. The van der Waals surface area contributed by atoms with E-state index in [1.165, 1.54) is 16.6 Å². The molecule has 3 aromatic rings. The first-order chi connectivity index (χ1) is 14.8. The maximum atomic E-state index is 14.3. The zero-order chi connectivity index (χ0) is 22.2. The number of nitrogens with zero attached hydrogens (tertiary/aromatic N) is 2. The Hall–Kier alpha value is -2.44. The van der Waals surface area contributed by atoms with Crippen molar-refractivity contribution in [1.82, 2.24) is 4.98 Å². The molecule has 0 amide bonds. The van der Waals surface area contributed by atoms with E-state index < -0.39 is 10.0 Å². The van der Waals surface area contributed by atoms with Crippen molar-refractivity contribution in [3.63, 3.8) is 0 Å². The highest BCUT2D eigenvalue weighted by Gasteiger charge is 2.36. The molecular weight excluding hydrogens is 435 g/mol. The molecule has 4 rings (SSSR count). The Morgan fingerprint density at radius 2 is 1.94 bits per heavy atom. The molecular formula is C24H24ClFN2O2S. The molecule has 31 heavy (non-hydrogen) atoms. The van der Waals surface area contributed by atoms with Gasteiger partial charge in [-0.1, -0.05) is 29.8 Å². The molecule has 1 aliphatic heterocycles. The topological polar surface area (TPSA) is 50.3 Å². The first-order valence-electron chi connectivity index (χ1n) is 10.3. The minimum atomic E-state index is -3.82. The molecule has 1 aromatic heterocycles.